The average molecular weight is 429 g/mol. The van der Waals surface area contributed by atoms with Crippen LogP contribution < -0.4 is 5.31 Å². The SMILES string of the molecule is [2H]c1nc(N([2H])C2([2H])C([2H])([2H])CN(C([2H])c3ccc(F)c(Cl)c3)CC2([2H])[2H])c2nc(C([2H])(C)C)sc2n1. The van der Waals surface area contributed by atoms with Crippen molar-refractivity contribution in [1.82, 2.24) is 19.9 Å². The second-order valence-corrected chi connectivity index (χ2v) is 7.73. The molecule has 8 heteroatoms. The summed E-state index contributed by atoms with van der Waals surface area (Å²) < 4.78 is 90.7. The van der Waals surface area contributed by atoms with Crippen LogP contribution in [0.15, 0.2) is 24.5 Å². The minimum absolute atomic E-state index is 0.0358. The highest BCUT2D eigenvalue weighted by atomic mass is 35.5. The standard InChI is InChI=1S/C20H23ClFN5S/c1-12(2)19-26-17-18(23-11-24-20(17)28-19)25-14-5-7-27(8-6-14)10-13-3-4-16(22)15(21)9-13/h3-4,9,11-12,14H,5-8,10H2,1-2H3,(H,23,24,25)/i5D2,6D2,10D,11D,12D,14D/hD. The van der Waals surface area contributed by atoms with Crippen LogP contribution in [0.4, 0.5) is 10.2 Å². The molecule has 1 atom stereocenters. The number of hydrogen-bond acceptors (Lipinski definition) is 6. The van der Waals surface area contributed by atoms with Crippen molar-refractivity contribution in [3.05, 3.63) is 45.9 Å². The Hall–Kier alpha value is -1.83. The van der Waals surface area contributed by atoms with Gasteiger partial charge < -0.3 is 5.31 Å². The third-order valence-corrected chi connectivity index (χ3v) is 5.41. The molecule has 0 saturated carbocycles. The van der Waals surface area contributed by atoms with E-state index in [4.69, 9.17) is 24.0 Å². The van der Waals surface area contributed by atoms with Gasteiger partial charge in [0.2, 0.25) is 0 Å². The van der Waals surface area contributed by atoms with Crippen molar-refractivity contribution < 1.29 is 16.8 Å². The fourth-order valence-electron chi connectivity index (χ4n) is 2.55. The van der Waals surface area contributed by atoms with E-state index in [9.17, 15) is 4.39 Å². The lowest BCUT2D eigenvalue weighted by molar-refractivity contribution is 0.211. The van der Waals surface area contributed by atoms with Crippen molar-refractivity contribution in [3.8, 4) is 0 Å². The summed E-state index contributed by atoms with van der Waals surface area (Å²) in [7, 11) is 0. The Balaban J connectivity index is 1.76. The zero-order valence-corrected chi connectivity index (χ0v) is 16.7. The second kappa shape index (κ2) is 8.27. The zero-order chi connectivity index (χ0) is 27.7. The van der Waals surface area contributed by atoms with Gasteiger partial charge in [-0.2, -0.15) is 0 Å². The number of rotatable bonds is 5. The van der Waals surface area contributed by atoms with Crippen LogP contribution >= 0.6 is 22.9 Å². The maximum absolute atomic E-state index is 13.6. The van der Waals surface area contributed by atoms with Crippen molar-refractivity contribution in [2.45, 2.75) is 45.0 Å². The maximum atomic E-state index is 13.6. The van der Waals surface area contributed by atoms with Gasteiger partial charge in [0, 0.05) is 39.7 Å². The van der Waals surface area contributed by atoms with Gasteiger partial charge in [0.1, 0.15) is 23.8 Å². The van der Waals surface area contributed by atoms with Crippen LogP contribution in [0.5, 0.6) is 0 Å². The molecule has 0 aliphatic carbocycles. The fourth-order valence-corrected chi connectivity index (χ4v) is 3.58. The van der Waals surface area contributed by atoms with Crippen LogP contribution in [0.25, 0.3) is 10.3 Å². The number of aromatic nitrogens is 3. The molecule has 1 saturated heterocycles. The van der Waals surface area contributed by atoms with Crippen molar-refractivity contribution in [2.24, 2.45) is 0 Å². The van der Waals surface area contributed by atoms with Gasteiger partial charge in [0.05, 0.1) is 11.4 Å². The number of halogens is 2. The summed E-state index contributed by atoms with van der Waals surface area (Å²) in [5.41, 5.74) is 0.175. The molecule has 1 aromatic carbocycles. The Labute approximate surface area is 185 Å². The van der Waals surface area contributed by atoms with Gasteiger partial charge in [-0.05, 0) is 30.4 Å². The van der Waals surface area contributed by atoms with Gasteiger partial charge in [0.15, 0.2) is 7.23 Å². The van der Waals surface area contributed by atoms with Gasteiger partial charge in [-0.1, -0.05) is 42.9 Å². The molecule has 0 spiro atoms. The predicted octanol–water partition coefficient (Wildman–Crippen LogP) is 5.08. The molecule has 0 bridgehead atoms. The smallest absolute Gasteiger partial charge is 0.162 e. The molecule has 1 unspecified atom stereocenters. The molecule has 2 aromatic heterocycles. The lowest BCUT2D eigenvalue weighted by atomic mass is 10.0. The number of nitrogens with one attached hydrogen (secondary N) is 1. The molecule has 1 aliphatic heterocycles. The van der Waals surface area contributed by atoms with Crippen LogP contribution in [0.1, 0.15) is 54.0 Å². The third kappa shape index (κ3) is 4.26. The monoisotopic (exact) mass is 428 g/mol. The summed E-state index contributed by atoms with van der Waals surface area (Å²) in [6.07, 6.45) is -6.02. The summed E-state index contributed by atoms with van der Waals surface area (Å²) >= 11 is 6.82. The first-order valence-electron chi connectivity index (χ1n) is 13.0. The largest absolute Gasteiger partial charge is 0.365 e. The molecule has 3 aromatic rings. The minimum Gasteiger partial charge on any atom is -0.365 e. The summed E-state index contributed by atoms with van der Waals surface area (Å²) in [6.45, 7) is 0.625. The predicted molar refractivity (Wildman–Crippen MR) is 113 cm³/mol. The van der Waals surface area contributed by atoms with Crippen molar-refractivity contribution in [3.63, 3.8) is 0 Å². The average Bonchev–Trinajstić information content (AvgIpc) is 3.21. The highest BCUT2D eigenvalue weighted by Gasteiger charge is 2.21. The Morgan fingerprint density at radius 3 is 3.04 bits per heavy atom. The lowest BCUT2D eigenvalue weighted by Gasteiger charge is -2.32. The minimum atomic E-state index is -2.88. The second-order valence-electron chi connectivity index (χ2n) is 6.34. The zero-order valence-electron chi connectivity index (χ0n) is 24.1. The maximum Gasteiger partial charge on any atom is 0.162 e. The van der Waals surface area contributed by atoms with Gasteiger partial charge >= 0.3 is 0 Å². The summed E-state index contributed by atoms with van der Waals surface area (Å²) in [5.74, 6) is -2.26. The Morgan fingerprint density at radius 2 is 2.32 bits per heavy atom. The molecule has 0 amide bonds. The van der Waals surface area contributed by atoms with Crippen LogP contribution in [0.2, 0.25) is 6.43 Å². The third-order valence-electron chi connectivity index (χ3n) is 3.95. The van der Waals surface area contributed by atoms with Gasteiger partial charge in [-0.25, -0.2) is 19.3 Å². The number of anilines is 1. The number of nitrogens with zero attached hydrogens (tertiary/aromatic N) is 4. The van der Waals surface area contributed by atoms with E-state index in [1.54, 1.807) is 13.8 Å². The molecule has 1 N–H and O–H groups in total. The van der Waals surface area contributed by atoms with Crippen molar-refractivity contribution in [1.29, 1.82) is 0 Å². The number of hydrogen-bond donors (Lipinski definition) is 1. The highest BCUT2D eigenvalue weighted by molar-refractivity contribution is 7.18. The Bertz CT molecular complexity index is 1330. The molecule has 1 fully saturated rings. The molecule has 4 rings (SSSR count). The highest BCUT2D eigenvalue weighted by Crippen LogP contribution is 2.30. The lowest BCUT2D eigenvalue weighted by Crippen LogP contribution is -2.38. The topological polar surface area (TPSA) is 53.9 Å². The van der Waals surface area contributed by atoms with Gasteiger partial charge in [-0.15, -0.1) is 0 Å². The van der Waals surface area contributed by atoms with Gasteiger partial charge in [0.25, 0.3) is 0 Å². The molecular formula is C20H23ClFN5S. The summed E-state index contributed by atoms with van der Waals surface area (Å²) in [4.78, 5) is 13.5. The molecule has 5 nitrogen and oxygen atoms in total. The molecule has 0 radical (unpaired) electrons. The number of benzene rings is 1. The molecule has 148 valence electrons. The number of thiazole rings is 1. The van der Waals surface area contributed by atoms with E-state index in [-0.39, 0.29) is 20.9 Å². The Kier molecular flexibility index (Phi) is 3.36. The van der Waals surface area contributed by atoms with Crippen LogP contribution in [-0.2, 0) is 6.52 Å². The first kappa shape index (κ1) is 11.4. The normalized spacial score (nSPS) is 27.1. The van der Waals surface area contributed by atoms with E-state index in [0.717, 1.165) is 22.3 Å². The van der Waals surface area contributed by atoms with E-state index < -0.39 is 62.2 Å². The first-order chi connectivity index (χ1) is 16.9. The van der Waals surface area contributed by atoms with Crippen LogP contribution in [0, 0.1) is 5.82 Å². The number of piperidine rings is 1. The fraction of sp³-hybridized carbons (Fsp3) is 0.450. The van der Waals surface area contributed by atoms with E-state index >= 15 is 0 Å². The molecule has 28 heavy (non-hydrogen) atoms. The van der Waals surface area contributed by atoms with Crippen LogP contribution in [-0.4, -0.2) is 39.0 Å². The molecule has 1 aliphatic rings. The van der Waals surface area contributed by atoms with Gasteiger partial charge in [-0.3, -0.25) is 4.90 Å². The molecular weight excluding hydrogens is 397 g/mol. The van der Waals surface area contributed by atoms with E-state index in [0.29, 0.717) is 10.3 Å². The Morgan fingerprint density at radius 1 is 1.54 bits per heavy atom. The number of likely N-dealkylation sites (tertiary alicyclic amines) is 1. The quantitative estimate of drug-likeness (QED) is 0.614. The van der Waals surface area contributed by atoms with E-state index in [1.165, 1.54) is 12.1 Å². The number of fused-ring (bicyclic) bond motifs is 1. The summed E-state index contributed by atoms with van der Waals surface area (Å²) in [5, 5.41) is 0.356. The van der Waals surface area contributed by atoms with E-state index in [2.05, 4.69) is 15.0 Å². The molecule has 3 heterocycles. The van der Waals surface area contributed by atoms with Crippen LogP contribution in [0.3, 0.4) is 0 Å². The summed E-state index contributed by atoms with van der Waals surface area (Å²) in [6, 6.07) is 0.681. The first-order valence-corrected chi connectivity index (χ1v) is 9.64. The van der Waals surface area contributed by atoms with E-state index in [1.807, 2.05) is 0 Å². The van der Waals surface area contributed by atoms with Crippen molar-refractivity contribution >= 4 is 39.1 Å². The van der Waals surface area contributed by atoms with Crippen molar-refractivity contribution in [2.75, 3.05) is 18.4 Å².